The largest absolute Gasteiger partial charge is 0.416 e. The first-order chi connectivity index (χ1) is 8.88. The van der Waals surface area contributed by atoms with Gasteiger partial charge in [-0.05, 0) is 43.1 Å². The molecular weight excluding hydrogens is 253 g/mol. The van der Waals surface area contributed by atoms with Crippen molar-refractivity contribution < 1.29 is 13.2 Å². The first kappa shape index (κ1) is 13.9. The number of fused-ring (bicyclic) bond motifs is 1. The van der Waals surface area contributed by atoms with Crippen LogP contribution in [-0.4, -0.2) is 11.1 Å². The Morgan fingerprint density at radius 2 is 2.00 bits per heavy atom. The van der Waals surface area contributed by atoms with Crippen molar-refractivity contribution >= 4 is 10.9 Å². The van der Waals surface area contributed by atoms with Crippen LogP contribution in [0.5, 0.6) is 0 Å². The van der Waals surface area contributed by atoms with Crippen molar-refractivity contribution in [2.45, 2.75) is 32.5 Å². The first-order valence-electron chi connectivity index (χ1n) is 6.28. The van der Waals surface area contributed by atoms with Crippen LogP contribution in [0.3, 0.4) is 0 Å². The normalized spacial score (nSPS) is 14.0. The van der Waals surface area contributed by atoms with E-state index in [2.05, 4.69) is 0 Å². The number of halogens is 3. The maximum absolute atomic E-state index is 12.8. The Labute approximate surface area is 110 Å². The summed E-state index contributed by atoms with van der Waals surface area (Å²) in [6, 6.07) is 3.89. The topological polar surface area (TPSA) is 30.9 Å². The molecule has 0 radical (unpaired) electrons. The van der Waals surface area contributed by atoms with Crippen LogP contribution in [0, 0.1) is 0 Å². The van der Waals surface area contributed by atoms with Crippen LogP contribution in [0.1, 0.15) is 30.9 Å². The Bertz CT molecular complexity index is 584. The molecule has 1 unspecified atom stereocenters. The number of aryl methyl sites for hydroxylation is 1. The molecule has 0 amide bonds. The van der Waals surface area contributed by atoms with Gasteiger partial charge in [-0.3, -0.25) is 0 Å². The quantitative estimate of drug-likeness (QED) is 0.905. The molecule has 0 aliphatic heterocycles. The Morgan fingerprint density at radius 1 is 1.32 bits per heavy atom. The van der Waals surface area contributed by atoms with E-state index in [1.165, 1.54) is 12.1 Å². The molecular formula is C14H17F3N2. The zero-order valence-electron chi connectivity index (χ0n) is 11.0. The smallest absolute Gasteiger partial charge is 0.347 e. The van der Waals surface area contributed by atoms with Gasteiger partial charge in [-0.25, -0.2) is 0 Å². The van der Waals surface area contributed by atoms with Crippen LogP contribution in [0.15, 0.2) is 24.4 Å². The predicted molar refractivity (Wildman–Crippen MR) is 70.1 cm³/mol. The number of hydrogen-bond donors (Lipinski definition) is 1. The van der Waals surface area contributed by atoms with E-state index in [4.69, 9.17) is 5.73 Å². The maximum atomic E-state index is 12.8. The maximum Gasteiger partial charge on any atom is 0.416 e. The highest BCUT2D eigenvalue weighted by molar-refractivity contribution is 5.85. The molecule has 2 nitrogen and oxygen atoms in total. The van der Waals surface area contributed by atoms with Gasteiger partial charge in [-0.1, -0.05) is 6.92 Å². The minimum absolute atomic E-state index is 0.0405. The summed E-state index contributed by atoms with van der Waals surface area (Å²) >= 11 is 0. The summed E-state index contributed by atoms with van der Waals surface area (Å²) < 4.78 is 40.3. The molecule has 0 saturated carbocycles. The van der Waals surface area contributed by atoms with Crippen LogP contribution in [-0.2, 0) is 12.7 Å². The van der Waals surface area contributed by atoms with E-state index in [0.717, 1.165) is 23.7 Å². The van der Waals surface area contributed by atoms with Crippen molar-refractivity contribution in [3.8, 4) is 0 Å². The third-order valence-electron chi connectivity index (χ3n) is 3.46. The fourth-order valence-electron chi connectivity index (χ4n) is 2.28. The van der Waals surface area contributed by atoms with Crippen molar-refractivity contribution in [3.05, 3.63) is 35.5 Å². The van der Waals surface area contributed by atoms with Gasteiger partial charge in [-0.15, -0.1) is 0 Å². The van der Waals surface area contributed by atoms with E-state index in [1.807, 2.05) is 24.6 Å². The molecule has 1 aromatic heterocycles. The Balaban J connectivity index is 2.68. The van der Waals surface area contributed by atoms with E-state index in [-0.39, 0.29) is 5.92 Å². The number of alkyl halides is 3. The van der Waals surface area contributed by atoms with Crippen molar-refractivity contribution in [2.24, 2.45) is 5.73 Å². The summed E-state index contributed by atoms with van der Waals surface area (Å²) in [5.74, 6) is 0.0405. The minimum atomic E-state index is -4.31. The van der Waals surface area contributed by atoms with Crippen molar-refractivity contribution in [1.82, 2.24) is 4.57 Å². The summed E-state index contributed by atoms with van der Waals surface area (Å²) in [6.45, 7) is 5.03. The molecule has 1 aromatic carbocycles. The van der Waals surface area contributed by atoms with E-state index in [9.17, 15) is 13.2 Å². The van der Waals surface area contributed by atoms with Gasteiger partial charge < -0.3 is 10.3 Å². The third kappa shape index (κ3) is 2.47. The summed E-state index contributed by atoms with van der Waals surface area (Å²) in [4.78, 5) is 0. The van der Waals surface area contributed by atoms with E-state index >= 15 is 0 Å². The van der Waals surface area contributed by atoms with Gasteiger partial charge in [0.25, 0.3) is 0 Å². The van der Waals surface area contributed by atoms with Gasteiger partial charge in [-0.2, -0.15) is 13.2 Å². The molecule has 1 heterocycles. The zero-order chi connectivity index (χ0) is 14.2. The number of benzene rings is 1. The Kier molecular flexibility index (Phi) is 3.58. The first-order valence-corrected chi connectivity index (χ1v) is 6.28. The molecule has 2 N–H and O–H groups in total. The monoisotopic (exact) mass is 270 g/mol. The second kappa shape index (κ2) is 4.89. The fraction of sp³-hybridized carbons (Fsp3) is 0.429. The van der Waals surface area contributed by atoms with Crippen LogP contribution >= 0.6 is 0 Å². The number of aromatic nitrogens is 1. The van der Waals surface area contributed by atoms with E-state index in [0.29, 0.717) is 11.9 Å². The molecule has 0 bridgehead atoms. The lowest BCUT2D eigenvalue weighted by Crippen LogP contribution is -2.09. The van der Waals surface area contributed by atoms with Gasteiger partial charge >= 0.3 is 6.18 Å². The van der Waals surface area contributed by atoms with Gasteiger partial charge in [0.05, 0.1) is 5.56 Å². The summed E-state index contributed by atoms with van der Waals surface area (Å²) in [5.41, 5.74) is 6.73. The molecule has 0 fully saturated rings. The zero-order valence-corrected chi connectivity index (χ0v) is 11.0. The molecule has 1 atom stereocenters. The molecule has 2 aromatic rings. The fourth-order valence-corrected chi connectivity index (χ4v) is 2.28. The molecule has 0 aliphatic rings. The predicted octanol–water partition coefficient (Wildman–Crippen LogP) is 3.74. The Hall–Kier alpha value is -1.49. The molecule has 0 spiro atoms. The number of rotatable bonds is 3. The standard InChI is InChI=1S/C14H17F3N2/c1-3-19-8-12(9(2)7-18)11-6-10(14(15,16)17)4-5-13(11)19/h4-6,8-9H,3,7,18H2,1-2H3. The van der Waals surface area contributed by atoms with Crippen LogP contribution in [0.4, 0.5) is 13.2 Å². The lowest BCUT2D eigenvalue weighted by molar-refractivity contribution is -0.137. The second-order valence-corrected chi connectivity index (χ2v) is 4.74. The molecule has 0 saturated heterocycles. The highest BCUT2D eigenvalue weighted by Crippen LogP contribution is 2.34. The lowest BCUT2D eigenvalue weighted by Gasteiger charge is -2.09. The van der Waals surface area contributed by atoms with Gasteiger partial charge in [0.1, 0.15) is 0 Å². The highest BCUT2D eigenvalue weighted by Gasteiger charge is 2.31. The number of hydrogen-bond acceptors (Lipinski definition) is 1. The van der Waals surface area contributed by atoms with Crippen LogP contribution in [0.25, 0.3) is 10.9 Å². The van der Waals surface area contributed by atoms with Crippen molar-refractivity contribution in [1.29, 1.82) is 0 Å². The van der Waals surface area contributed by atoms with Crippen molar-refractivity contribution in [3.63, 3.8) is 0 Å². The van der Waals surface area contributed by atoms with E-state index in [1.54, 1.807) is 0 Å². The molecule has 104 valence electrons. The van der Waals surface area contributed by atoms with Crippen LogP contribution < -0.4 is 5.73 Å². The number of nitrogens with two attached hydrogens (primary N) is 1. The summed E-state index contributed by atoms with van der Waals surface area (Å²) in [5, 5.41) is 0.648. The molecule has 2 rings (SSSR count). The van der Waals surface area contributed by atoms with Gasteiger partial charge in [0, 0.05) is 23.6 Å². The molecule has 19 heavy (non-hydrogen) atoms. The molecule has 0 aliphatic carbocycles. The average molecular weight is 270 g/mol. The van der Waals surface area contributed by atoms with E-state index < -0.39 is 11.7 Å². The summed E-state index contributed by atoms with van der Waals surface area (Å²) in [6.07, 6.45) is -2.41. The van der Waals surface area contributed by atoms with Crippen molar-refractivity contribution in [2.75, 3.05) is 6.54 Å². The minimum Gasteiger partial charge on any atom is -0.347 e. The Morgan fingerprint density at radius 3 is 2.53 bits per heavy atom. The average Bonchev–Trinajstić information content (AvgIpc) is 2.74. The molecule has 5 heteroatoms. The summed E-state index contributed by atoms with van der Waals surface area (Å²) in [7, 11) is 0. The number of nitrogens with zero attached hydrogens (tertiary/aromatic N) is 1. The van der Waals surface area contributed by atoms with Gasteiger partial charge in [0.15, 0.2) is 0 Å². The van der Waals surface area contributed by atoms with Gasteiger partial charge in [0.2, 0.25) is 0 Å². The second-order valence-electron chi connectivity index (χ2n) is 4.74. The van der Waals surface area contributed by atoms with Crippen LogP contribution in [0.2, 0.25) is 0 Å². The lowest BCUT2D eigenvalue weighted by atomic mass is 9.99. The SMILES string of the molecule is CCn1cc(C(C)CN)c2cc(C(F)(F)F)ccc21. The third-order valence-corrected chi connectivity index (χ3v) is 3.46. The highest BCUT2D eigenvalue weighted by atomic mass is 19.4.